The van der Waals surface area contributed by atoms with Crippen molar-refractivity contribution in [2.24, 2.45) is 0 Å². The Morgan fingerprint density at radius 2 is 1.16 bits per heavy atom. The van der Waals surface area contributed by atoms with Crippen molar-refractivity contribution in [2.45, 2.75) is 0 Å². The quantitative estimate of drug-likeness (QED) is 0.180. The van der Waals surface area contributed by atoms with Gasteiger partial charge in [-0.25, -0.2) is 9.97 Å². The van der Waals surface area contributed by atoms with E-state index >= 15 is 0 Å². The van der Waals surface area contributed by atoms with E-state index in [2.05, 4.69) is 156 Å². The van der Waals surface area contributed by atoms with Crippen LogP contribution in [0, 0.1) is 0 Å². The normalized spacial score (nSPS) is 12.5. The molecule has 58 heavy (non-hydrogen) atoms. The Balaban J connectivity index is 0.981. The molecule has 4 nitrogen and oxygen atoms in total. The van der Waals surface area contributed by atoms with Crippen LogP contribution in [0.4, 0.5) is 0 Å². The SMILES string of the molecule is c1cc2c3c(cccc3c1)-c1c-2sc2ccc(-c3ccc4c(c3)c3ccccc3n4-c3nc(-c4ccc5oc6ccccc6c5c4)c4sc5ccccc5c4n3)cc12. The van der Waals surface area contributed by atoms with E-state index in [0.29, 0.717) is 5.95 Å². The molecule has 0 spiro atoms. The Kier molecular flexibility index (Phi) is 6.02. The number of furan rings is 1. The summed E-state index contributed by atoms with van der Waals surface area (Å²) in [5.41, 5.74) is 13.3. The average molecular weight is 774 g/mol. The van der Waals surface area contributed by atoms with Gasteiger partial charge in [-0.15, -0.1) is 22.7 Å². The third-order valence-electron chi connectivity index (χ3n) is 12.2. The average Bonchev–Trinajstić information content (AvgIpc) is 4.08. The molecule has 14 rings (SSSR count). The minimum Gasteiger partial charge on any atom is -0.456 e. The summed E-state index contributed by atoms with van der Waals surface area (Å²) in [4.78, 5) is 12.3. The zero-order chi connectivity index (χ0) is 37.6. The van der Waals surface area contributed by atoms with Crippen molar-refractivity contribution in [3.8, 4) is 49.9 Å². The van der Waals surface area contributed by atoms with Crippen LogP contribution in [0.3, 0.4) is 0 Å². The lowest BCUT2D eigenvalue weighted by molar-refractivity contribution is 0.669. The fraction of sp³-hybridized carbons (Fsp3) is 0. The van der Waals surface area contributed by atoms with Crippen LogP contribution in [-0.2, 0) is 0 Å². The molecule has 1 aliphatic rings. The van der Waals surface area contributed by atoms with Gasteiger partial charge in [-0.3, -0.25) is 4.57 Å². The fourth-order valence-electron chi connectivity index (χ4n) is 9.59. The highest BCUT2D eigenvalue weighted by atomic mass is 32.1. The molecule has 6 heteroatoms. The van der Waals surface area contributed by atoms with E-state index in [0.717, 1.165) is 59.8 Å². The third kappa shape index (κ3) is 4.12. The Morgan fingerprint density at radius 3 is 2.07 bits per heavy atom. The zero-order valence-electron chi connectivity index (χ0n) is 30.7. The fourth-order valence-corrected chi connectivity index (χ4v) is 12.0. The van der Waals surface area contributed by atoms with E-state index in [9.17, 15) is 0 Å². The van der Waals surface area contributed by atoms with Crippen LogP contribution in [0.25, 0.3) is 135 Å². The van der Waals surface area contributed by atoms with Crippen LogP contribution >= 0.6 is 22.7 Å². The summed E-state index contributed by atoms with van der Waals surface area (Å²) in [5.74, 6) is 0.658. The van der Waals surface area contributed by atoms with Crippen molar-refractivity contribution in [2.75, 3.05) is 0 Å². The molecular weight excluding hydrogens is 747 g/mol. The Labute approximate surface area is 338 Å². The second-order valence-corrected chi connectivity index (χ2v) is 17.4. The van der Waals surface area contributed by atoms with Crippen LogP contribution in [0.5, 0.6) is 0 Å². The highest BCUT2D eigenvalue weighted by Crippen LogP contribution is 2.55. The van der Waals surface area contributed by atoms with E-state index in [1.165, 1.54) is 69.0 Å². The Bertz CT molecular complexity index is 3930. The maximum atomic E-state index is 6.23. The first kappa shape index (κ1) is 31.0. The summed E-state index contributed by atoms with van der Waals surface area (Å²) < 4.78 is 12.1. The van der Waals surface area contributed by atoms with Crippen LogP contribution < -0.4 is 0 Å². The molecule has 0 fully saturated rings. The second-order valence-electron chi connectivity index (χ2n) is 15.3. The van der Waals surface area contributed by atoms with Gasteiger partial charge in [-0.05, 0) is 88.1 Å². The van der Waals surface area contributed by atoms with E-state index in [1.54, 1.807) is 11.3 Å². The molecule has 0 saturated carbocycles. The molecule has 0 radical (unpaired) electrons. The lowest BCUT2D eigenvalue weighted by atomic mass is 9.98. The number of rotatable bonds is 3. The number of hydrogen-bond acceptors (Lipinski definition) is 5. The summed E-state index contributed by atoms with van der Waals surface area (Å²) >= 11 is 3.66. The van der Waals surface area contributed by atoms with Crippen LogP contribution in [0.15, 0.2) is 168 Å². The molecule has 0 unspecified atom stereocenters. The van der Waals surface area contributed by atoms with Crippen molar-refractivity contribution in [1.82, 2.24) is 14.5 Å². The van der Waals surface area contributed by atoms with Crippen molar-refractivity contribution < 1.29 is 4.42 Å². The minimum absolute atomic E-state index is 0.658. The van der Waals surface area contributed by atoms with E-state index in [1.807, 2.05) is 23.5 Å². The Hall–Kier alpha value is -7.12. The van der Waals surface area contributed by atoms with Crippen LogP contribution in [-0.4, -0.2) is 14.5 Å². The molecule has 0 N–H and O–H groups in total. The molecule has 5 heterocycles. The summed E-state index contributed by atoms with van der Waals surface area (Å²) in [6.45, 7) is 0. The Morgan fingerprint density at radius 1 is 0.466 bits per heavy atom. The monoisotopic (exact) mass is 773 g/mol. The van der Waals surface area contributed by atoms with Gasteiger partial charge < -0.3 is 4.42 Å². The summed E-state index contributed by atoms with van der Waals surface area (Å²) in [7, 11) is 0. The first-order valence-electron chi connectivity index (χ1n) is 19.5. The highest BCUT2D eigenvalue weighted by molar-refractivity contribution is 7.26. The molecule has 0 atom stereocenters. The van der Waals surface area contributed by atoms with Gasteiger partial charge in [-0.1, -0.05) is 103 Å². The maximum Gasteiger partial charge on any atom is 0.235 e. The summed E-state index contributed by atoms with van der Waals surface area (Å²) in [6.07, 6.45) is 0. The molecule has 8 aromatic carbocycles. The number of fused-ring (bicyclic) bond motifs is 14. The van der Waals surface area contributed by atoms with Crippen molar-refractivity contribution in [3.05, 3.63) is 164 Å². The molecule has 268 valence electrons. The lowest BCUT2D eigenvalue weighted by Crippen LogP contribution is -2.02. The van der Waals surface area contributed by atoms with Crippen LogP contribution in [0.1, 0.15) is 0 Å². The van der Waals surface area contributed by atoms with Gasteiger partial charge in [0.15, 0.2) is 0 Å². The molecule has 5 aromatic heterocycles. The number of para-hydroxylation sites is 2. The van der Waals surface area contributed by atoms with Gasteiger partial charge in [0.2, 0.25) is 5.95 Å². The molecule has 1 aliphatic carbocycles. The standard InChI is InChI=1S/C52H27N3OS2/c1-4-16-40-32(11-1)37-25-29(30-21-24-45-39(26-30)47-35-14-7-9-28-10-8-15-36(46(28)35)50(47)57-45)19-22-41(37)55(40)52-53-48(51-49(54-52)34-13-3-6-18-44(34)58-51)31-20-23-43-38(27-31)33-12-2-5-17-42(33)56-43/h1-27H. The number of aromatic nitrogens is 3. The maximum absolute atomic E-state index is 6.23. The lowest BCUT2D eigenvalue weighted by Gasteiger charge is -2.10. The largest absolute Gasteiger partial charge is 0.456 e. The number of benzene rings is 8. The molecule has 0 saturated heterocycles. The van der Waals surface area contributed by atoms with Crippen molar-refractivity contribution in [3.63, 3.8) is 0 Å². The van der Waals surface area contributed by atoms with E-state index in [4.69, 9.17) is 14.4 Å². The van der Waals surface area contributed by atoms with Gasteiger partial charge >= 0.3 is 0 Å². The van der Waals surface area contributed by atoms with E-state index < -0.39 is 0 Å². The topological polar surface area (TPSA) is 43.9 Å². The molecule has 0 aliphatic heterocycles. The van der Waals surface area contributed by atoms with Crippen molar-refractivity contribution in [1.29, 1.82) is 0 Å². The van der Waals surface area contributed by atoms with Gasteiger partial charge in [0.05, 0.1) is 26.9 Å². The predicted molar refractivity (Wildman–Crippen MR) is 245 cm³/mol. The smallest absolute Gasteiger partial charge is 0.235 e. The van der Waals surface area contributed by atoms with Gasteiger partial charge in [0.1, 0.15) is 11.2 Å². The zero-order valence-corrected chi connectivity index (χ0v) is 32.3. The van der Waals surface area contributed by atoms with Gasteiger partial charge in [0, 0.05) is 63.3 Å². The summed E-state index contributed by atoms with van der Waals surface area (Å²) in [5, 5.41) is 9.67. The van der Waals surface area contributed by atoms with Crippen LogP contribution in [0.2, 0.25) is 0 Å². The molecule has 13 aromatic rings. The van der Waals surface area contributed by atoms with Crippen molar-refractivity contribution >= 4 is 108 Å². The molecule has 0 bridgehead atoms. The third-order valence-corrected chi connectivity index (χ3v) is 14.5. The van der Waals surface area contributed by atoms with Gasteiger partial charge in [0.25, 0.3) is 0 Å². The number of thiophene rings is 2. The highest BCUT2D eigenvalue weighted by Gasteiger charge is 2.26. The molecule has 0 amide bonds. The molecular formula is C52H27N3OS2. The minimum atomic E-state index is 0.658. The first-order valence-corrected chi connectivity index (χ1v) is 21.1. The first-order chi connectivity index (χ1) is 28.7. The second kappa shape index (κ2) is 11.3. The summed E-state index contributed by atoms with van der Waals surface area (Å²) in [6, 6.07) is 59.2. The van der Waals surface area contributed by atoms with E-state index in [-0.39, 0.29) is 0 Å². The number of hydrogen-bond donors (Lipinski definition) is 0. The predicted octanol–water partition coefficient (Wildman–Crippen LogP) is 15.2. The van der Waals surface area contributed by atoms with Gasteiger partial charge in [-0.2, -0.15) is 0 Å². The number of nitrogens with zero attached hydrogens (tertiary/aromatic N) is 3.